The summed E-state index contributed by atoms with van der Waals surface area (Å²) in [5.41, 5.74) is 0.842. The number of hydrogen-bond acceptors (Lipinski definition) is 2. The second-order valence-corrected chi connectivity index (χ2v) is 6.99. The molecule has 1 fully saturated rings. The molecule has 1 saturated heterocycles. The number of rotatable bonds is 6. The quantitative estimate of drug-likeness (QED) is 0.855. The molecule has 0 aromatic heterocycles. The molecule has 2 rings (SSSR count). The first kappa shape index (κ1) is 16.7. The number of nitrogens with one attached hydrogen (secondary N) is 1. The van der Waals surface area contributed by atoms with Crippen LogP contribution in [0.3, 0.4) is 0 Å². The van der Waals surface area contributed by atoms with Gasteiger partial charge in [0.05, 0.1) is 0 Å². The van der Waals surface area contributed by atoms with E-state index in [1.807, 2.05) is 6.07 Å². The van der Waals surface area contributed by atoms with E-state index >= 15 is 0 Å². The van der Waals surface area contributed by atoms with Crippen LogP contribution in [0.1, 0.15) is 32.3 Å². The van der Waals surface area contributed by atoms with Crippen LogP contribution in [0.4, 0.5) is 4.39 Å². The van der Waals surface area contributed by atoms with E-state index in [2.05, 4.69) is 19.2 Å². The van der Waals surface area contributed by atoms with Gasteiger partial charge in [0.1, 0.15) is 5.82 Å². The van der Waals surface area contributed by atoms with Gasteiger partial charge in [0.25, 0.3) is 0 Å². The molecule has 1 N–H and O–H groups in total. The molecule has 1 aromatic carbocycles. The standard InChI is InChI=1S/C17H25ClFNO/c1-13(2)11-20-12-17(5-7-21-8-6-17)10-14-3-4-15(18)9-16(14)19/h3-4,9,13,20H,5-8,10-12H2,1-2H3. The van der Waals surface area contributed by atoms with E-state index in [0.717, 1.165) is 51.1 Å². The zero-order valence-corrected chi connectivity index (χ0v) is 13.7. The Morgan fingerprint density at radius 2 is 2.05 bits per heavy atom. The fourth-order valence-electron chi connectivity index (χ4n) is 2.92. The maximum Gasteiger partial charge on any atom is 0.127 e. The Hall–Kier alpha value is -0.640. The lowest BCUT2D eigenvalue weighted by atomic mass is 9.75. The van der Waals surface area contributed by atoms with Gasteiger partial charge in [-0.25, -0.2) is 4.39 Å². The number of ether oxygens (including phenoxy) is 1. The second kappa shape index (κ2) is 7.57. The molecule has 4 heteroatoms. The third-order valence-electron chi connectivity index (χ3n) is 4.19. The molecule has 0 bridgehead atoms. The number of hydrogen-bond donors (Lipinski definition) is 1. The van der Waals surface area contributed by atoms with E-state index in [1.54, 1.807) is 6.07 Å². The van der Waals surface area contributed by atoms with Crippen molar-refractivity contribution in [2.24, 2.45) is 11.3 Å². The Morgan fingerprint density at radius 3 is 2.67 bits per heavy atom. The van der Waals surface area contributed by atoms with Gasteiger partial charge in [-0.3, -0.25) is 0 Å². The summed E-state index contributed by atoms with van der Waals surface area (Å²) in [6.07, 6.45) is 2.69. The lowest BCUT2D eigenvalue weighted by Gasteiger charge is -2.38. The van der Waals surface area contributed by atoms with Gasteiger partial charge in [0, 0.05) is 24.8 Å². The van der Waals surface area contributed by atoms with Gasteiger partial charge in [-0.05, 0) is 54.8 Å². The monoisotopic (exact) mass is 313 g/mol. The second-order valence-electron chi connectivity index (χ2n) is 6.55. The summed E-state index contributed by atoms with van der Waals surface area (Å²) in [6, 6.07) is 5.00. The lowest BCUT2D eigenvalue weighted by Crippen LogP contribution is -2.42. The van der Waals surface area contributed by atoms with Crippen molar-refractivity contribution in [3.05, 3.63) is 34.6 Å². The molecule has 0 spiro atoms. The van der Waals surface area contributed by atoms with Crippen LogP contribution in [0, 0.1) is 17.2 Å². The van der Waals surface area contributed by atoms with Crippen molar-refractivity contribution in [1.29, 1.82) is 0 Å². The summed E-state index contributed by atoms with van der Waals surface area (Å²) in [7, 11) is 0. The Labute approximate surface area is 132 Å². The summed E-state index contributed by atoms with van der Waals surface area (Å²) in [6.45, 7) is 7.82. The van der Waals surface area contributed by atoms with Crippen molar-refractivity contribution in [2.45, 2.75) is 33.1 Å². The van der Waals surface area contributed by atoms with E-state index < -0.39 is 0 Å². The van der Waals surface area contributed by atoms with Gasteiger partial charge < -0.3 is 10.1 Å². The van der Waals surface area contributed by atoms with Crippen molar-refractivity contribution >= 4 is 11.6 Å². The van der Waals surface area contributed by atoms with Gasteiger partial charge in [-0.2, -0.15) is 0 Å². The van der Waals surface area contributed by atoms with E-state index in [4.69, 9.17) is 16.3 Å². The molecule has 118 valence electrons. The molecule has 1 aromatic rings. The minimum atomic E-state index is -0.197. The first-order valence-corrected chi connectivity index (χ1v) is 8.11. The van der Waals surface area contributed by atoms with E-state index in [-0.39, 0.29) is 11.2 Å². The SMILES string of the molecule is CC(C)CNCC1(Cc2ccc(Cl)cc2F)CCOCC1. The number of halogens is 2. The first-order chi connectivity index (χ1) is 10.0. The van der Waals surface area contributed by atoms with Crippen molar-refractivity contribution in [2.75, 3.05) is 26.3 Å². The predicted molar refractivity (Wildman–Crippen MR) is 85.3 cm³/mol. The minimum absolute atomic E-state index is 0.0851. The largest absolute Gasteiger partial charge is 0.381 e. The lowest BCUT2D eigenvalue weighted by molar-refractivity contribution is 0.0143. The highest BCUT2D eigenvalue weighted by atomic mass is 35.5. The zero-order chi connectivity index (χ0) is 15.3. The molecule has 1 aliphatic heterocycles. The van der Waals surface area contributed by atoms with Crippen LogP contribution in [0.2, 0.25) is 5.02 Å². The summed E-state index contributed by atoms with van der Waals surface area (Å²) < 4.78 is 19.6. The number of benzene rings is 1. The molecule has 0 unspecified atom stereocenters. The average molecular weight is 314 g/mol. The summed E-state index contributed by atoms with van der Waals surface area (Å²) in [4.78, 5) is 0. The molecular formula is C17H25ClFNO. The predicted octanol–water partition coefficient (Wildman–Crippen LogP) is 4.06. The van der Waals surface area contributed by atoms with Crippen molar-refractivity contribution < 1.29 is 9.13 Å². The molecule has 0 aliphatic carbocycles. The molecule has 0 saturated carbocycles. The van der Waals surface area contributed by atoms with Crippen molar-refractivity contribution in [3.8, 4) is 0 Å². The van der Waals surface area contributed by atoms with Crippen molar-refractivity contribution in [1.82, 2.24) is 5.32 Å². The Morgan fingerprint density at radius 1 is 1.33 bits per heavy atom. The zero-order valence-electron chi connectivity index (χ0n) is 12.9. The third-order valence-corrected chi connectivity index (χ3v) is 4.42. The Balaban J connectivity index is 2.08. The van der Waals surface area contributed by atoms with Gasteiger partial charge in [0.2, 0.25) is 0 Å². The Kier molecular flexibility index (Phi) is 6.03. The van der Waals surface area contributed by atoms with Gasteiger partial charge in [0.15, 0.2) is 0 Å². The van der Waals surface area contributed by atoms with E-state index in [1.165, 1.54) is 6.07 Å². The summed E-state index contributed by atoms with van der Waals surface area (Å²) in [5, 5.41) is 4.00. The van der Waals surface area contributed by atoms with E-state index in [9.17, 15) is 4.39 Å². The molecular weight excluding hydrogens is 289 g/mol. The first-order valence-electron chi connectivity index (χ1n) is 7.73. The molecule has 0 atom stereocenters. The Bertz CT molecular complexity index is 458. The molecule has 0 amide bonds. The van der Waals surface area contributed by atoms with Crippen LogP contribution in [-0.2, 0) is 11.2 Å². The highest BCUT2D eigenvalue weighted by Gasteiger charge is 2.33. The van der Waals surface area contributed by atoms with Crippen LogP contribution in [-0.4, -0.2) is 26.3 Å². The third kappa shape index (κ3) is 4.94. The molecule has 2 nitrogen and oxygen atoms in total. The van der Waals surface area contributed by atoms with E-state index in [0.29, 0.717) is 10.9 Å². The fourth-order valence-corrected chi connectivity index (χ4v) is 3.07. The maximum absolute atomic E-state index is 14.1. The molecule has 1 heterocycles. The molecule has 21 heavy (non-hydrogen) atoms. The van der Waals surface area contributed by atoms with Crippen LogP contribution in [0.5, 0.6) is 0 Å². The van der Waals surface area contributed by atoms with Gasteiger partial charge in [-0.1, -0.05) is 31.5 Å². The van der Waals surface area contributed by atoms with Gasteiger partial charge >= 0.3 is 0 Å². The summed E-state index contributed by atoms with van der Waals surface area (Å²) >= 11 is 5.84. The molecule has 1 aliphatic rings. The molecule has 0 radical (unpaired) electrons. The minimum Gasteiger partial charge on any atom is -0.381 e. The average Bonchev–Trinajstić information content (AvgIpc) is 2.43. The van der Waals surface area contributed by atoms with Crippen LogP contribution >= 0.6 is 11.6 Å². The topological polar surface area (TPSA) is 21.3 Å². The summed E-state index contributed by atoms with van der Waals surface area (Å²) in [5.74, 6) is 0.423. The van der Waals surface area contributed by atoms with Crippen LogP contribution in [0.25, 0.3) is 0 Å². The highest BCUT2D eigenvalue weighted by Crippen LogP contribution is 2.35. The van der Waals surface area contributed by atoms with Crippen LogP contribution in [0.15, 0.2) is 18.2 Å². The maximum atomic E-state index is 14.1. The smallest absolute Gasteiger partial charge is 0.127 e. The fraction of sp³-hybridized carbons (Fsp3) is 0.647. The van der Waals surface area contributed by atoms with Crippen molar-refractivity contribution in [3.63, 3.8) is 0 Å². The highest BCUT2D eigenvalue weighted by molar-refractivity contribution is 6.30. The van der Waals surface area contributed by atoms with Gasteiger partial charge in [-0.15, -0.1) is 0 Å². The van der Waals surface area contributed by atoms with Crippen LogP contribution < -0.4 is 5.32 Å². The normalized spacial score (nSPS) is 18.1.